The number of nitrogens with zero attached hydrogens (tertiary/aromatic N) is 4. The fourth-order valence-corrected chi connectivity index (χ4v) is 4.53. The highest BCUT2D eigenvalue weighted by Crippen LogP contribution is 2.82. The summed E-state index contributed by atoms with van der Waals surface area (Å²) in [5.41, 5.74) is 5.67. The quantitative estimate of drug-likeness (QED) is 0.468. The van der Waals surface area contributed by atoms with E-state index in [1.54, 1.807) is 0 Å². The molecule has 1 saturated carbocycles. The number of anilines is 1. The normalized spacial score (nSPS) is 28.2. The molecule has 3 unspecified atom stereocenters. The summed E-state index contributed by atoms with van der Waals surface area (Å²) >= 11 is 0. The monoisotopic (exact) mass is 409 g/mol. The molecule has 1 aliphatic heterocycles. The number of nitriles is 2. The summed E-state index contributed by atoms with van der Waals surface area (Å²) in [5, 5.41) is 20.6. The van der Waals surface area contributed by atoms with Gasteiger partial charge in [-0.25, -0.2) is 4.99 Å². The van der Waals surface area contributed by atoms with Crippen LogP contribution in [-0.4, -0.2) is 39.1 Å². The molecule has 0 aromatic heterocycles. The number of ether oxygens (including phenoxy) is 2. The Bertz CT molecular complexity index is 872. The summed E-state index contributed by atoms with van der Waals surface area (Å²) in [5.74, 6) is -1.89. The highest BCUT2D eigenvalue weighted by atomic mass is 16.7. The van der Waals surface area contributed by atoms with Crippen LogP contribution in [0.5, 0.6) is 0 Å². The molecule has 1 aliphatic carbocycles. The third-order valence-electron chi connectivity index (χ3n) is 6.26. The van der Waals surface area contributed by atoms with E-state index in [9.17, 15) is 10.5 Å². The van der Waals surface area contributed by atoms with Crippen molar-refractivity contribution in [2.75, 3.05) is 32.2 Å². The second kappa shape index (κ2) is 8.26. The molecule has 0 amide bonds. The molecule has 1 aromatic carbocycles. The average Bonchev–Trinajstić information content (AvgIpc) is 3.32. The Kier molecular flexibility index (Phi) is 6.08. The van der Waals surface area contributed by atoms with Crippen molar-refractivity contribution >= 4 is 11.5 Å². The van der Waals surface area contributed by atoms with E-state index < -0.39 is 22.7 Å². The predicted molar refractivity (Wildman–Crippen MR) is 116 cm³/mol. The SMILES string of the molecule is CCCCOC1(OCCCC)N=C(N)C2(C#N)C(c3ccc(N(C)C)cc3)C12C#N. The lowest BCUT2D eigenvalue weighted by molar-refractivity contribution is -0.260. The third kappa shape index (κ3) is 2.88. The lowest BCUT2D eigenvalue weighted by atomic mass is 9.93. The first-order valence-corrected chi connectivity index (χ1v) is 10.6. The zero-order valence-corrected chi connectivity index (χ0v) is 18.3. The molecule has 30 heavy (non-hydrogen) atoms. The van der Waals surface area contributed by atoms with Crippen LogP contribution in [0.3, 0.4) is 0 Å². The van der Waals surface area contributed by atoms with E-state index in [1.807, 2.05) is 43.3 Å². The van der Waals surface area contributed by atoms with Crippen molar-refractivity contribution in [3.05, 3.63) is 29.8 Å². The van der Waals surface area contributed by atoms with Gasteiger partial charge in [-0.3, -0.25) is 0 Å². The summed E-state index contributed by atoms with van der Waals surface area (Å²) in [7, 11) is 3.93. The number of fused-ring (bicyclic) bond motifs is 1. The standard InChI is InChI=1S/C23H31N5O2/c1-5-7-13-29-23(30-14-8-6-2)22(16-25)19(21(22,15-24)20(26)27-23)17-9-11-18(12-10-17)28(3)4/h9-12,19H,5-8,13-14H2,1-4H3,(H2,26,27). The molecule has 0 bridgehead atoms. The molecular formula is C23H31N5O2. The number of nitrogens with two attached hydrogens (primary N) is 1. The molecule has 0 radical (unpaired) electrons. The number of hydrogen-bond acceptors (Lipinski definition) is 7. The van der Waals surface area contributed by atoms with Gasteiger partial charge in [-0.05, 0) is 30.5 Å². The molecule has 1 heterocycles. The first-order chi connectivity index (χ1) is 14.4. The molecule has 1 aromatic rings. The molecule has 0 spiro atoms. The van der Waals surface area contributed by atoms with Gasteiger partial charge in [-0.1, -0.05) is 38.8 Å². The number of amidine groups is 1. The molecule has 2 N–H and O–H groups in total. The summed E-state index contributed by atoms with van der Waals surface area (Å²) in [6.45, 7) is 4.89. The second-order valence-corrected chi connectivity index (χ2v) is 8.24. The molecule has 0 saturated heterocycles. The van der Waals surface area contributed by atoms with Crippen LogP contribution in [0.25, 0.3) is 0 Å². The second-order valence-electron chi connectivity index (χ2n) is 8.24. The van der Waals surface area contributed by atoms with Crippen LogP contribution in [0, 0.1) is 33.5 Å². The zero-order chi connectivity index (χ0) is 22.0. The van der Waals surface area contributed by atoms with Crippen LogP contribution in [-0.2, 0) is 9.47 Å². The number of unbranched alkanes of at least 4 members (excludes halogenated alkanes) is 2. The topological polar surface area (TPSA) is 108 Å². The number of hydrogen-bond donors (Lipinski definition) is 1. The minimum absolute atomic E-state index is 0.126. The number of aliphatic imine (C=N–C) groups is 1. The highest BCUT2D eigenvalue weighted by Gasteiger charge is 2.93. The zero-order valence-electron chi connectivity index (χ0n) is 18.3. The minimum atomic E-state index is -1.56. The Morgan fingerprint density at radius 3 is 2.03 bits per heavy atom. The van der Waals surface area contributed by atoms with E-state index in [2.05, 4.69) is 31.0 Å². The van der Waals surface area contributed by atoms with Crippen molar-refractivity contribution in [3.63, 3.8) is 0 Å². The van der Waals surface area contributed by atoms with Crippen molar-refractivity contribution in [3.8, 4) is 12.1 Å². The van der Waals surface area contributed by atoms with Crippen molar-refractivity contribution in [2.45, 2.75) is 51.4 Å². The molecule has 160 valence electrons. The average molecular weight is 410 g/mol. The van der Waals surface area contributed by atoms with E-state index in [0.29, 0.717) is 13.2 Å². The van der Waals surface area contributed by atoms with Gasteiger partial charge in [0.25, 0.3) is 5.91 Å². The van der Waals surface area contributed by atoms with Crippen LogP contribution in [0.2, 0.25) is 0 Å². The largest absolute Gasteiger partial charge is 0.386 e. The van der Waals surface area contributed by atoms with Gasteiger partial charge in [0.15, 0.2) is 5.41 Å². The number of benzene rings is 1. The molecule has 2 aliphatic rings. The summed E-state index contributed by atoms with van der Waals surface area (Å²) < 4.78 is 12.3. The summed E-state index contributed by atoms with van der Waals surface area (Å²) in [4.78, 5) is 6.50. The summed E-state index contributed by atoms with van der Waals surface area (Å²) in [6, 6.07) is 12.6. The lowest BCUT2D eigenvalue weighted by Crippen LogP contribution is -2.44. The molecule has 7 nitrogen and oxygen atoms in total. The van der Waals surface area contributed by atoms with Gasteiger partial charge in [-0.15, -0.1) is 0 Å². The minimum Gasteiger partial charge on any atom is -0.386 e. The molecule has 1 fully saturated rings. The predicted octanol–water partition coefficient (Wildman–Crippen LogP) is 3.53. The van der Waals surface area contributed by atoms with Crippen LogP contribution < -0.4 is 10.6 Å². The third-order valence-corrected chi connectivity index (χ3v) is 6.26. The maximum atomic E-state index is 10.4. The Labute approximate surface area is 179 Å². The van der Waals surface area contributed by atoms with Crippen molar-refractivity contribution in [1.29, 1.82) is 10.5 Å². The van der Waals surface area contributed by atoms with Gasteiger partial charge in [0, 0.05) is 25.7 Å². The first kappa shape index (κ1) is 22.1. The first-order valence-electron chi connectivity index (χ1n) is 10.6. The van der Waals surface area contributed by atoms with Crippen molar-refractivity contribution < 1.29 is 9.47 Å². The Morgan fingerprint density at radius 1 is 1.03 bits per heavy atom. The highest BCUT2D eigenvalue weighted by molar-refractivity contribution is 6.00. The fourth-order valence-electron chi connectivity index (χ4n) is 4.53. The Morgan fingerprint density at radius 2 is 1.60 bits per heavy atom. The van der Waals surface area contributed by atoms with Gasteiger partial charge in [-0.2, -0.15) is 10.5 Å². The maximum Gasteiger partial charge on any atom is 0.293 e. The molecule has 3 atom stereocenters. The van der Waals surface area contributed by atoms with Gasteiger partial charge >= 0.3 is 0 Å². The van der Waals surface area contributed by atoms with Crippen LogP contribution >= 0.6 is 0 Å². The smallest absolute Gasteiger partial charge is 0.293 e. The van der Waals surface area contributed by atoms with Crippen LogP contribution in [0.4, 0.5) is 5.69 Å². The van der Waals surface area contributed by atoms with Gasteiger partial charge < -0.3 is 20.1 Å². The summed E-state index contributed by atoms with van der Waals surface area (Å²) in [6.07, 6.45) is 3.47. The van der Waals surface area contributed by atoms with E-state index in [0.717, 1.165) is 36.9 Å². The van der Waals surface area contributed by atoms with Crippen molar-refractivity contribution in [1.82, 2.24) is 0 Å². The van der Waals surface area contributed by atoms with Gasteiger partial charge in [0.2, 0.25) is 0 Å². The van der Waals surface area contributed by atoms with E-state index in [1.165, 1.54) is 0 Å². The maximum absolute atomic E-state index is 10.4. The molecule has 3 rings (SSSR count). The Balaban J connectivity index is 2.07. The van der Waals surface area contributed by atoms with Gasteiger partial charge in [0.1, 0.15) is 11.3 Å². The molecular weight excluding hydrogens is 378 g/mol. The van der Waals surface area contributed by atoms with Crippen LogP contribution in [0.1, 0.15) is 51.0 Å². The van der Waals surface area contributed by atoms with E-state index in [4.69, 9.17) is 15.2 Å². The van der Waals surface area contributed by atoms with Gasteiger partial charge in [0.05, 0.1) is 25.4 Å². The molecule has 7 heteroatoms. The Hall–Kier alpha value is -2.61. The fraction of sp³-hybridized carbons (Fsp3) is 0.609. The van der Waals surface area contributed by atoms with Crippen molar-refractivity contribution in [2.24, 2.45) is 21.6 Å². The van der Waals surface area contributed by atoms with Crippen LogP contribution in [0.15, 0.2) is 29.3 Å². The number of rotatable bonds is 10. The van der Waals surface area contributed by atoms with E-state index >= 15 is 0 Å². The lowest BCUT2D eigenvalue weighted by Gasteiger charge is -2.32. The van der Waals surface area contributed by atoms with E-state index in [-0.39, 0.29) is 5.84 Å².